The second-order valence-corrected chi connectivity index (χ2v) is 6.17. The number of ether oxygens (including phenoxy) is 2. The van der Waals surface area contributed by atoms with Crippen LogP contribution in [0.5, 0.6) is 5.75 Å². The van der Waals surface area contributed by atoms with Crippen LogP contribution in [0.15, 0.2) is 36.4 Å². The Morgan fingerprint density at radius 2 is 1.92 bits per heavy atom. The van der Waals surface area contributed by atoms with Gasteiger partial charge in [-0.1, -0.05) is 23.7 Å². The Balaban J connectivity index is 1.98. The Hall–Kier alpha value is -2.53. The van der Waals surface area contributed by atoms with Crippen LogP contribution in [0.4, 0.5) is 5.69 Å². The zero-order chi connectivity index (χ0) is 19.1. The maximum atomic E-state index is 12.2. The molecule has 1 amide bonds. The lowest BCUT2D eigenvalue weighted by molar-refractivity contribution is -0.116. The highest BCUT2D eigenvalue weighted by Crippen LogP contribution is 2.22. The Bertz CT molecular complexity index is 804. The van der Waals surface area contributed by atoms with Gasteiger partial charge < -0.3 is 14.8 Å². The Kier molecular flexibility index (Phi) is 7.04. The van der Waals surface area contributed by atoms with Gasteiger partial charge >= 0.3 is 5.97 Å². The molecular formula is C20H22ClNO4. The van der Waals surface area contributed by atoms with E-state index < -0.39 is 5.97 Å². The Labute approximate surface area is 158 Å². The molecule has 26 heavy (non-hydrogen) atoms. The van der Waals surface area contributed by atoms with Crippen molar-refractivity contribution in [3.05, 3.63) is 58.1 Å². The molecule has 0 aliphatic carbocycles. The molecule has 0 bridgehead atoms. The summed E-state index contributed by atoms with van der Waals surface area (Å²) in [7, 11) is 1.63. The van der Waals surface area contributed by atoms with Crippen LogP contribution < -0.4 is 10.1 Å². The predicted octanol–water partition coefficient (Wildman–Crippen LogP) is 4.41. The summed E-state index contributed by atoms with van der Waals surface area (Å²) in [6.45, 7) is 3.94. The molecule has 0 aromatic heterocycles. The van der Waals surface area contributed by atoms with Gasteiger partial charge in [-0.15, -0.1) is 0 Å². The quantitative estimate of drug-likeness (QED) is 0.728. The van der Waals surface area contributed by atoms with Crippen molar-refractivity contribution in [2.24, 2.45) is 0 Å². The molecule has 0 saturated carbocycles. The van der Waals surface area contributed by atoms with Gasteiger partial charge in [-0.3, -0.25) is 4.79 Å². The number of rotatable bonds is 7. The first-order valence-electron chi connectivity index (χ1n) is 8.34. The molecule has 0 radical (unpaired) electrons. The van der Waals surface area contributed by atoms with E-state index in [1.165, 1.54) is 6.07 Å². The van der Waals surface area contributed by atoms with Crippen molar-refractivity contribution in [3.8, 4) is 5.75 Å². The number of carbonyl (C=O) groups excluding carboxylic acids is 2. The first-order chi connectivity index (χ1) is 12.4. The highest BCUT2D eigenvalue weighted by atomic mass is 35.5. The van der Waals surface area contributed by atoms with E-state index >= 15 is 0 Å². The highest BCUT2D eigenvalue weighted by Gasteiger charge is 2.13. The topological polar surface area (TPSA) is 64.6 Å². The minimum atomic E-state index is -0.512. The summed E-state index contributed by atoms with van der Waals surface area (Å²) in [5.74, 6) is 0.170. The normalized spacial score (nSPS) is 10.3. The zero-order valence-corrected chi connectivity index (χ0v) is 15.9. The van der Waals surface area contributed by atoms with Crippen molar-refractivity contribution >= 4 is 29.2 Å². The van der Waals surface area contributed by atoms with Crippen molar-refractivity contribution in [2.45, 2.75) is 26.7 Å². The summed E-state index contributed by atoms with van der Waals surface area (Å²) < 4.78 is 10.2. The molecule has 138 valence electrons. The molecule has 0 aliphatic rings. The number of halogens is 1. The average molecular weight is 376 g/mol. The van der Waals surface area contributed by atoms with Crippen LogP contribution in [0.3, 0.4) is 0 Å². The number of methoxy groups -OCH3 is 1. The van der Waals surface area contributed by atoms with Crippen molar-refractivity contribution in [1.82, 2.24) is 0 Å². The van der Waals surface area contributed by atoms with Crippen LogP contribution >= 0.6 is 11.6 Å². The third-order valence-corrected chi connectivity index (χ3v) is 4.18. The van der Waals surface area contributed by atoms with Crippen LogP contribution in [0.1, 0.15) is 34.8 Å². The molecule has 0 saturated heterocycles. The van der Waals surface area contributed by atoms with Gasteiger partial charge in [0.25, 0.3) is 0 Å². The number of anilines is 1. The first kappa shape index (κ1) is 19.8. The fraction of sp³-hybridized carbons (Fsp3) is 0.300. The van der Waals surface area contributed by atoms with Crippen molar-refractivity contribution in [1.29, 1.82) is 0 Å². The van der Waals surface area contributed by atoms with E-state index in [9.17, 15) is 9.59 Å². The summed E-state index contributed by atoms with van der Waals surface area (Å²) in [6.07, 6.45) is 0.929. The van der Waals surface area contributed by atoms with E-state index in [1.807, 2.05) is 25.1 Å². The highest BCUT2D eigenvalue weighted by molar-refractivity contribution is 6.33. The summed E-state index contributed by atoms with van der Waals surface area (Å²) in [5.41, 5.74) is 2.83. The summed E-state index contributed by atoms with van der Waals surface area (Å²) in [4.78, 5) is 24.1. The molecule has 6 heteroatoms. The molecule has 1 N–H and O–H groups in total. The second-order valence-electron chi connectivity index (χ2n) is 5.77. The molecule has 0 spiro atoms. The Morgan fingerprint density at radius 3 is 2.58 bits per heavy atom. The number of nitrogens with one attached hydrogen (secondary N) is 1. The molecule has 0 unspecified atom stereocenters. The minimum absolute atomic E-state index is 0.143. The van der Waals surface area contributed by atoms with Gasteiger partial charge in [0.15, 0.2) is 0 Å². The van der Waals surface area contributed by atoms with E-state index in [-0.39, 0.29) is 23.1 Å². The Morgan fingerprint density at radius 1 is 1.15 bits per heavy atom. The van der Waals surface area contributed by atoms with Crippen LogP contribution in [-0.2, 0) is 16.0 Å². The first-order valence-corrected chi connectivity index (χ1v) is 8.72. The lowest BCUT2D eigenvalue weighted by Gasteiger charge is -2.10. The molecule has 2 aromatic carbocycles. The third-order valence-electron chi connectivity index (χ3n) is 3.85. The maximum Gasteiger partial charge on any atom is 0.339 e. The number of carbonyl (C=O) groups is 2. The number of amides is 1. The van der Waals surface area contributed by atoms with Crippen molar-refractivity contribution in [3.63, 3.8) is 0 Å². The van der Waals surface area contributed by atoms with Gasteiger partial charge in [0.05, 0.1) is 24.3 Å². The van der Waals surface area contributed by atoms with Gasteiger partial charge in [0, 0.05) is 12.1 Å². The van der Waals surface area contributed by atoms with Crippen LogP contribution in [0.25, 0.3) is 0 Å². The number of benzene rings is 2. The number of esters is 1. The SMILES string of the molecule is CCOC(=O)c1cc(NC(=O)CCc2ccc(OC)c(C)c2)ccc1Cl. The molecule has 2 aromatic rings. The van der Waals surface area contributed by atoms with Crippen LogP contribution in [-0.4, -0.2) is 25.6 Å². The third kappa shape index (κ3) is 5.23. The van der Waals surface area contributed by atoms with Gasteiger partial charge in [0.1, 0.15) is 5.75 Å². The van der Waals surface area contributed by atoms with Crippen molar-refractivity contribution < 1.29 is 19.1 Å². The summed E-state index contributed by atoms with van der Waals surface area (Å²) >= 11 is 6.02. The fourth-order valence-corrected chi connectivity index (χ4v) is 2.74. The minimum Gasteiger partial charge on any atom is -0.496 e. The molecule has 5 nitrogen and oxygen atoms in total. The van der Waals surface area contributed by atoms with Gasteiger partial charge in [-0.25, -0.2) is 4.79 Å². The van der Waals surface area contributed by atoms with Crippen LogP contribution in [0.2, 0.25) is 5.02 Å². The molecule has 0 aliphatic heterocycles. The summed E-state index contributed by atoms with van der Waals surface area (Å²) in [5, 5.41) is 3.07. The maximum absolute atomic E-state index is 12.2. The standard InChI is InChI=1S/C20H22ClNO4/c1-4-26-20(24)16-12-15(7-8-17(16)21)22-19(23)10-6-14-5-9-18(25-3)13(2)11-14/h5,7-9,11-12H,4,6,10H2,1-3H3,(H,22,23). The molecule has 2 rings (SSSR count). The van der Waals surface area contributed by atoms with Gasteiger partial charge in [-0.05, 0) is 55.7 Å². The molecule has 0 atom stereocenters. The van der Waals surface area contributed by atoms with E-state index in [1.54, 1.807) is 26.2 Å². The van der Waals surface area contributed by atoms with Gasteiger partial charge in [-0.2, -0.15) is 0 Å². The zero-order valence-electron chi connectivity index (χ0n) is 15.1. The molecule has 0 fully saturated rings. The smallest absolute Gasteiger partial charge is 0.339 e. The van der Waals surface area contributed by atoms with Crippen molar-refractivity contribution in [2.75, 3.05) is 19.0 Å². The lowest BCUT2D eigenvalue weighted by atomic mass is 10.1. The van der Waals surface area contributed by atoms with E-state index in [0.717, 1.165) is 16.9 Å². The predicted molar refractivity (Wildman–Crippen MR) is 102 cm³/mol. The molecule has 0 heterocycles. The van der Waals surface area contributed by atoms with E-state index in [4.69, 9.17) is 21.1 Å². The van der Waals surface area contributed by atoms with Crippen LogP contribution in [0, 0.1) is 6.92 Å². The van der Waals surface area contributed by atoms with Gasteiger partial charge in [0.2, 0.25) is 5.91 Å². The number of hydrogen-bond donors (Lipinski definition) is 1. The lowest BCUT2D eigenvalue weighted by Crippen LogP contribution is -2.13. The average Bonchev–Trinajstić information content (AvgIpc) is 2.62. The van der Waals surface area contributed by atoms with E-state index in [2.05, 4.69) is 5.32 Å². The number of hydrogen-bond acceptors (Lipinski definition) is 4. The second kappa shape index (κ2) is 9.25. The fourth-order valence-electron chi connectivity index (χ4n) is 2.55. The monoisotopic (exact) mass is 375 g/mol. The molecular weight excluding hydrogens is 354 g/mol. The number of aryl methyl sites for hydroxylation is 2. The summed E-state index contributed by atoms with van der Waals surface area (Å²) in [6, 6.07) is 10.6. The van der Waals surface area contributed by atoms with E-state index in [0.29, 0.717) is 18.5 Å². The largest absolute Gasteiger partial charge is 0.496 e.